The molecule has 0 radical (unpaired) electrons. The van der Waals surface area contributed by atoms with E-state index in [-0.39, 0.29) is 20.0 Å². The number of azide groups is 2. The van der Waals surface area contributed by atoms with Gasteiger partial charge in [0.25, 0.3) is 0 Å². The van der Waals surface area contributed by atoms with Gasteiger partial charge in [0.1, 0.15) is 6.79 Å². The van der Waals surface area contributed by atoms with Gasteiger partial charge >= 0.3 is 0 Å². The third kappa shape index (κ3) is 2.81. The Balaban J connectivity index is 2.71. The Morgan fingerprint density at radius 1 is 1.00 bits per heavy atom. The molecule has 0 amide bonds. The fourth-order valence-corrected chi connectivity index (χ4v) is 0.972. The second kappa shape index (κ2) is 5.23. The van der Waals surface area contributed by atoms with Crippen LogP contribution in [0.2, 0.25) is 0 Å². The molecule has 1 saturated heterocycles. The van der Waals surface area contributed by atoms with Crippen molar-refractivity contribution >= 4 is 0 Å². The van der Waals surface area contributed by atoms with Crippen LogP contribution in [0.5, 0.6) is 0 Å². The Morgan fingerprint density at radius 2 is 1.46 bits per heavy atom. The molecule has 13 heavy (non-hydrogen) atoms. The molecule has 0 saturated carbocycles. The first-order valence-corrected chi connectivity index (χ1v) is 3.62. The minimum absolute atomic E-state index is 0.134. The Morgan fingerprint density at radius 3 is 1.85 bits per heavy atom. The summed E-state index contributed by atoms with van der Waals surface area (Å²) in [5.41, 5.74) is 16.4. The van der Waals surface area contributed by atoms with Gasteiger partial charge in [0, 0.05) is 9.82 Å². The first-order valence-electron chi connectivity index (χ1n) is 3.62. The Hall–Kier alpha value is -1.46. The summed E-state index contributed by atoms with van der Waals surface area (Å²) in [4.78, 5) is 5.28. The summed E-state index contributed by atoms with van der Waals surface area (Å²) in [6.07, 6.45) is 0. The predicted octanol–water partition coefficient (Wildman–Crippen LogP) is 1.35. The van der Waals surface area contributed by atoms with E-state index < -0.39 is 12.1 Å². The fourth-order valence-electron chi connectivity index (χ4n) is 0.972. The van der Waals surface area contributed by atoms with E-state index in [1.54, 1.807) is 0 Å². The Bertz CT molecular complexity index is 230. The second-order valence-corrected chi connectivity index (χ2v) is 2.40. The first-order chi connectivity index (χ1) is 6.38. The maximum absolute atomic E-state index is 8.22. The number of hydrogen-bond acceptors (Lipinski definition) is 4. The van der Waals surface area contributed by atoms with Crippen molar-refractivity contribution in [3.63, 3.8) is 0 Å². The summed E-state index contributed by atoms with van der Waals surface area (Å²) in [7, 11) is 0. The van der Waals surface area contributed by atoms with Crippen molar-refractivity contribution in [1.29, 1.82) is 0 Å². The fraction of sp³-hybridized carbons (Fsp3) is 1.00. The molecule has 1 fully saturated rings. The first kappa shape index (κ1) is 9.63. The molecule has 0 spiro atoms. The second-order valence-electron chi connectivity index (χ2n) is 2.40. The van der Waals surface area contributed by atoms with Crippen molar-refractivity contribution < 1.29 is 9.47 Å². The lowest BCUT2D eigenvalue weighted by Crippen LogP contribution is -2.27. The third-order valence-electron chi connectivity index (χ3n) is 1.59. The summed E-state index contributed by atoms with van der Waals surface area (Å²) in [6, 6.07) is -0.966. The lowest BCUT2D eigenvalue weighted by atomic mass is 10.2. The summed E-state index contributed by atoms with van der Waals surface area (Å²) in [6.45, 7) is 0.566. The highest BCUT2D eigenvalue weighted by atomic mass is 16.7. The quantitative estimate of drug-likeness (QED) is 0.366. The standard InChI is InChI=1S/C5H8N6O2/c6-10-8-4-1-12-3-13-2-5(4)9-11-7/h4-5H,1-3H2/t4-,5-/m0/s1. The molecular weight excluding hydrogens is 176 g/mol. The summed E-state index contributed by atoms with van der Waals surface area (Å²) in [5.74, 6) is 0. The van der Waals surface area contributed by atoms with E-state index in [2.05, 4.69) is 20.1 Å². The maximum atomic E-state index is 8.22. The molecule has 0 aromatic heterocycles. The highest BCUT2D eigenvalue weighted by molar-refractivity contribution is 4.83. The molecule has 8 heteroatoms. The number of rotatable bonds is 2. The van der Waals surface area contributed by atoms with E-state index in [0.29, 0.717) is 0 Å². The minimum atomic E-state index is -0.483. The summed E-state index contributed by atoms with van der Waals surface area (Å²) < 4.78 is 9.93. The lowest BCUT2D eigenvalue weighted by molar-refractivity contribution is -0.0337. The van der Waals surface area contributed by atoms with Crippen LogP contribution in [0.3, 0.4) is 0 Å². The van der Waals surface area contributed by atoms with Crippen LogP contribution >= 0.6 is 0 Å². The molecule has 0 N–H and O–H groups in total. The molecule has 0 unspecified atom stereocenters. The van der Waals surface area contributed by atoms with Gasteiger partial charge in [-0.25, -0.2) is 0 Å². The number of ether oxygens (including phenoxy) is 2. The van der Waals surface area contributed by atoms with Crippen LogP contribution in [0.25, 0.3) is 20.9 Å². The molecule has 0 aliphatic carbocycles. The molecule has 1 heterocycles. The van der Waals surface area contributed by atoms with Crippen molar-refractivity contribution in [2.24, 2.45) is 10.2 Å². The molecule has 8 nitrogen and oxygen atoms in total. The van der Waals surface area contributed by atoms with Gasteiger partial charge in [-0.05, 0) is 11.1 Å². The molecule has 0 bridgehead atoms. The van der Waals surface area contributed by atoms with Crippen molar-refractivity contribution in [3.8, 4) is 0 Å². The predicted molar refractivity (Wildman–Crippen MR) is 42.6 cm³/mol. The molecule has 1 rings (SSSR count). The van der Waals surface area contributed by atoms with Gasteiger partial charge < -0.3 is 9.47 Å². The van der Waals surface area contributed by atoms with Crippen LogP contribution in [0.15, 0.2) is 10.2 Å². The van der Waals surface area contributed by atoms with E-state index in [1.165, 1.54) is 0 Å². The van der Waals surface area contributed by atoms with Crippen LogP contribution in [0, 0.1) is 0 Å². The van der Waals surface area contributed by atoms with Crippen LogP contribution < -0.4 is 0 Å². The average Bonchev–Trinajstić information content (AvgIpc) is 2.33. The number of nitrogens with zero attached hydrogens (tertiary/aromatic N) is 6. The van der Waals surface area contributed by atoms with Crippen LogP contribution in [0.1, 0.15) is 0 Å². The molecule has 70 valence electrons. The third-order valence-corrected chi connectivity index (χ3v) is 1.59. The van der Waals surface area contributed by atoms with Crippen LogP contribution in [-0.2, 0) is 9.47 Å². The molecule has 2 atom stereocenters. The molecule has 1 aliphatic heterocycles. The van der Waals surface area contributed by atoms with Gasteiger partial charge in [-0.15, -0.1) is 0 Å². The van der Waals surface area contributed by atoms with Crippen molar-refractivity contribution in [3.05, 3.63) is 20.9 Å². The summed E-state index contributed by atoms with van der Waals surface area (Å²) in [5, 5.41) is 6.91. The number of hydrogen-bond donors (Lipinski definition) is 0. The van der Waals surface area contributed by atoms with Gasteiger partial charge in [-0.3, -0.25) is 0 Å². The molecule has 1 aliphatic rings. The van der Waals surface area contributed by atoms with Crippen molar-refractivity contribution in [1.82, 2.24) is 0 Å². The molecule has 0 aromatic carbocycles. The van der Waals surface area contributed by atoms with E-state index in [1.807, 2.05) is 0 Å². The van der Waals surface area contributed by atoms with Gasteiger partial charge in [0.2, 0.25) is 0 Å². The zero-order valence-corrected chi connectivity index (χ0v) is 6.78. The monoisotopic (exact) mass is 184 g/mol. The Kier molecular flexibility index (Phi) is 3.87. The van der Waals surface area contributed by atoms with Crippen molar-refractivity contribution in [2.45, 2.75) is 12.1 Å². The average molecular weight is 184 g/mol. The SMILES string of the molecule is [N-]=[N+]=N[C@H]1COCOC[C@@H]1N=[N+]=[N-]. The summed E-state index contributed by atoms with van der Waals surface area (Å²) >= 11 is 0. The van der Waals surface area contributed by atoms with E-state index in [4.69, 9.17) is 20.5 Å². The molecular formula is C5H8N6O2. The van der Waals surface area contributed by atoms with E-state index in [0.717, 1.165) is 0 Å². The van der Waals surface area contributed by atoms with E-state index in [9.17, 15) is 0 Å². The zero-order chi connectivity index (χ0) is 9.52. The van der Waals surface area contributed by atoms with Gasteiger partial charge in [-0.2, -0.15) is 0 Å². The lowest BCUT2D eigenvalue weighted by Gasteiger charge is -2.12. The smallest absolute Gasteiger partial charge is 0.146 e. The van der Waals surface area contributed by atoms with Crippen LogP contribution in [-0.4, -0.2) is 32.1 Å². The topological polar surface area (TPSA) is 116 Å². The highest BCUT2D eigenvalue weighted by Gasteiger charge is 2.22. The van der Waals surface area contributed by atoms with Crippen molar-refractivity contribution in [2.75, 3.05) is 20.0 Å². The van der Waals surface area contributed by atoms with E-state index >= 15 is 0 Å². The van der Waals surface area contributed by atoms with Gasteiger partial charge in [0.15, 0.2) is 0 Å². The van der Waals surface area contributed by atoms with Gasteiger partial charge in [0.05, 0.1) is 25.3 Å². The highest BCUT2D eigenvalue weighted by Crippen LogP contribution is 2.10. The van der Waals surface area contributed by atoms with Gasteiger partial charge in [-0.1, -0.05) is 10.2 Å². The maximum Gasteiger partial charge on any atom is 0.146 e. The minimum Gasteiger partial charge on any atom is -0.355 e. The largest absolute Gasteiger partial charge is 0.355 e. The molecule has 0 aromatic rings. The normalized spacial score (nSPS) is 28.0. The zero-order valence-electron chi connectivity index (χ0n) is 6.78. The van der Waals surface area contributed by atoms with Crippen LogP contribution in [0.4, 0.5) is 0 Å². The Labute approximate surface area is 73.7 Å².